The van der Waals surface area contributed by atoms with Gasteiger partial charge in [0.25, 0.3) is 0 Å². The number of nitrogens with two attached hydrogens (primary N) is 1. The van der Waals surface area contributed by atoms with E-state index < -0.39 is 0 Å². The van der Waals surface area contributed by atoms with Crippen molar-refractivity contribution in [3.63, 3.8) is 0 Å². The van der Waals surface area contributed by atoms with Crippen molar-refractivity contribution in [3.05, 3.63) is 29.0 Å². The molecule has 1 aromatic rings. The van der Waals surface area contributed by atoms with Crippen LogP contribution in [0, 0.1) is 5.82 Å². The van der Waals surface area contributed by atoms with Crippen LogP contribution in [-0.2, 0) is 0 Å². The molecule has 0 radical (unpaired) electrons. The maximum Gasteiger partial charge on any atom is 0.143 e. The molecule has 1 aliphatic heterocycles. The van der Waals surface area contributed by atoms with Crippen molar-refractivity contribution in [1.82, 2.24) is 0 Å². The van der Waals surface area contributed by atoms with Crippen LogP contribution in [0.15, 0.2) is 18.2 Å². The lowest BCUT2D eigenvalue weighted by Crippen LogP contribution is -2.26. The fraction of sp³-hybridized carbons (Fsp3) is 0.400. The van der Waals surface area contributed by atoms with E-state index >= 15 is 0 Å². The maximum atomic E-state index is 13.1. The van der Waals surface area contributed by atoms with Crippen LogP contribution >= 0.6 is 11.6 Å². The Morgan fingerprint density at radius 1 is 1.50 bits per heavy atom. The molecule has 76 valence electrons. The summed E-state index contributed by atoms with van der Waals surface area (Å²) >= 11 is 5.60. The molecule has 1 aliphatic rings. The van der Waals surface area contributed by atoms with Gasteiger partial charge in [-0.25, -0.2) is 4.39 Å². The van der Waals surface area contributed by atoms with E-state index in [4.69, 9.17) is 17.3 Å². The van der Waals surface area contributed by atoms with Gasteiger partial charge < -0.3 is 10.6 Å². The highest BCUT2D eigenvalue weighted by Crippen LogP contribution is 2.24. The Morgan fingerprint density at radius 3 is 2.86 bits per heavy atom. The van der Waals surface area contributed by atoms with E-state index in [1.54, 1.807) is 6.07 Å². The van der Waals surface area contributed by atoms with Gasteiger partial charge in [-0.1, -0.05) is 11.6 Å². The van der Waals surface area contributed by atoms with Crippen molar-refractivity contribution in [1.29, 1.82) is 0 Å². The van der Waals surface area contributed by atoms with Crippen molar-refractivity contribution in [3.8, 4) is 0 Å². The van der Waals surface area contributed by atoms with Crippen LogP contribution < -0.4 is 10.6 Å². The molecular weight excluding hydrogens is 203 g/mol. The van der Waals surface area contributed by atoms with Gasteiger partial charge >= 0.3 is 0 Å². The Morgan fingerprint density at radius 2 is 2.29 bits per heavy atom. The molecule has 1 atom stereocenters. The minimum atomic E-state index is -0.371. The number of hydrogen-bond acceptors (Lipinski definition) is 2. The molecule has 4 heteroatoms. The molecular formula is C10H12ClFN2. The summed E-state index contributed by atoms with van der Waals surface area (Å²) in [6.45, 7) is 1.68. The van der Waals surface area contributed by atoms with E-state index in [0.29, 0.717) is 0 Å². The monoisotopic (exact) mass is 214 g/mol. The average molecular weight is 215 g/mol. The molecule has 1 heterocycles. The van der Waals surface area contributed by atoms with E-state index in [0.717, 1.165) is 25.2 Å². The van der Waals surface area contributed by atoms with Crippen molar-refractivity contribution >= 4 is 17.3 Å². The second-order valence-corrected chi connectivity index (χ2v) is 4.00. The Labute approximate surface area is 87.5 Å². The third kappa shape index (κ3) is 1.83. The van der Waals surface area contributed by atoms with E-state index in [9.17, 15) is 4.39 Å². The molecule has 0 aromatic heterocycles. The van der Waals surface area contributed by atoms with Gasteiger partial charge in [0.1, 0.15) is 5.82 Å². The number of rotatable bonds is 1. The minimum absolute atomic E-state index is 0.164. The van der Waals surface area contributed by atoms with Crippen LogP contribution in [0.4, 0.5) is 10.1 Å². The zero-order valence-electron chi connectivity index (χ0n) is 7.71. The van der Waals surface area contributed by atoms with Crippen LogP contribution in [0.3, 0.4) is 0 Å². The average Bonchev–Trinajstić information content (AvgIpc) is 2.57. The molecule has 1 aromatic carbocycles. The second kappa shape index (κ2) is 3.75. The SMILES string of the molecule is N[C@@H]1CCN(c2ccc(Cl)c(F)c2)C1. The molecule has 14 heavy (non-hydrogen) atoms. The summed E-state index contributed by atoms with van der Waals surface area (Å²) in [7, 11) is 0. The molecule has 1 saturated heterocycles. The lowest BCUT2D eigenvalue weighted by Gasteiger charge is -2.18. The molecule has 2 nitrogen and oxygen atoms in total. The largest absolute Gasteiger partial charge is 0.370 e. The lowest BCUT2D eigenvalue weighted by atomic mass is 10.3. The highest BCUT2D eigenvalue weighted by atomic mass is 35.5. The first-order chi connectivity index (χ1) is 6.66. The van der Waals surface area contributed by atoms with Crippen molar-refractivity contribution in [2.45, 2.75) is 12.5 Å². The van der Waals surface area contributed by atoms with Gasteiger partial charge in [-0.3, -0.25) is 0 Å². The molecule has 0 unspecified atom stereocenters. The minimum Gasteiger partial charge on any atom is -0.370 e. The zero-order valence-corrected chi connectivity index (χ0v) is 8.47. The molecule has 0 bridgehead atoms. The molecule has 2 N–H and O–H groups in total. The van der Waals surface area contributed by atoms with Gasteiger partial charge in [-0.05, 0) is 24.6 Å². The molecule has 0 spiro atoms. The quantitative estimate of drug-likeness (QED) is 0.775. The Balaban J connectivity index is 2.20. The third-order valence-electron chi connectivity index (χ3n) is 2.49. The van der Waals surface area contributed by atoms with E-state index in [1.807, 2.05) is 6.07 Å². The Kier molecular flexibility index (Phi) is 2.61. The summed E-state index contributed by atoms with van der Waals surface area (Å²) in [5.74, 6) is -0.371. The number of halogens is 2. The summed E-state index contributed by atoms with van der Waals surface area (Å²) in [4.78, 5) is 2.07. The first-order valence-electron chi connectivity index (χ1n) is 4.62. The first kappa shape index (κ1) is 9.74. The molecule has 1 fully saturated rings. The standard InChI is InChI=1S/C10H12ClFN2/c11-9-2-1-8(5-10(9)12)14-4-3-7(13)6-14/h1-2,5,7H,3-4,6,13H2/t7-/m1/s1. The van der Waals surface area contributed by atoms with Crippen LogP contribution in [0.25, 0.3) is 0 Å². The van der Waals surface area contributed by atoms with E-state index in [1.165, 1.54) is 6.07 Å². The van der Waals surface area contributed by atoms with E-state index in [2.05, 4.69) is 4.90 Å². The van der Waals surface area contributed by atoms with Gasteiger partial charge in [0.2, 0.25) is 0 Å². The molecule has 2 rings (SSSR count). The summed E-state index contributed by atoms with van der Waals surface area (Å²) in [6, 6.07) is 5.06. The van der Waals surface area contributed by atoms with Gasteiger partial charge in [-0.15, -0.1) is 0 Å². The second-order valence-electron chi connectivity index (χ2n) is 3.59. The number of anilines is 1. The number of benzene rings is 1. The summed E-state index contributed by atoms with van der Waals surface area (Å²) < 4.78 is 13.1. The van der Waals surface area contributed by atoms with Gasteiger partial charge in [0, 0.05) is 24.8 Å². The van der Waals surface area contributed by atoms with Crippen LogP contribution in [-0.4, -0.2) is 19.1 Å². The van der Waals surface area contributed by atoms with Crippen LogP contribution in [0.2, 0.25) is 5.02 Å². The highest BCUT2D eigenvalue weighted by molar-refractivity contribution is 6.30. The fourth-order valence-electron chi connectivity index (χ4n) is 1.70. The lowest BCUT2D eigenvalue weighted by molar-refractivity contribution is 0.627. The number of hydrogen-bond donors (Lipinski definition) is 1. The third-order valence-corrected chi connectivity index (χ3v) is 2.80. The number of nitrogens with zero attached hydrogens (tertiary/aromatic N) is 1. The summed E-state index contributed by atoms with van der Waals surface area (Å²) in [5.41, 5.74) is 6.63. The van der Waals surface area contributed by atoms with Crippen molar-refractivity contribution < 1.29 is 4.39 Å². The zero-order chi connectivity index (χ0) is 10.1. The van der Waals surface area contributed by atoms with Crippen LogP contribution in [0.1, 0.15) is 6.42 Å². The van der Waals surface area contributed by atoms with Crippen LogP contribution in [0.5, 0.6) is 0 Å². The Bertz CT molecular complexity index is 343. The van der Waals surface area contributed by atoms with Gasteiger partial charge in [0.05, 0.1) is 5.02 Å². The smallest absolute Gasteiger partial charge is 0.143 e. The van der Waals surface area contributed by atoms with Crippen molar-refractivity contribution in [2.24, 2.45) is 5.73 Å². The maximum absolute atomic E-state index is 13.1. The molecule has 0 saturated carbocycles. The fourth-order valence-corrected chi connectivity index (χ4v) is 1.82. The molecule has 0 amide bonds. The van der Waals surface area contributed by atoms with Gasteiger partial charge in [0.15, 0.2) is 0 Å². The van der Waals surface area contributed by atoms with E-state index in [-0.39, 0.29) is 16.9 Å². The van der Waals surface area contributed by atoms with Crippen molar-refractivity contribution in [2.75, 3.05) is 18.0 Å². The first-order valence-corrected chi connectivity index (χ1v) is 5.00. The highest BCUT2D eigenvalue weighted by Gasteiger charge is 2.19. The van der Waals surface area contributed by atoms with Gasteiger partial charge in [-0.2, -0.15) is 0 Å². The predicted molar refractivity (Wildman–Crippen MR) is 56.2 cm³/mol. The molecule has 0 aliphatic carbocycles. The topological polar surface area (TPSA) is 29.3 Å². The summed E-state index contributed by atoms with van der Waals surface area (Å²) in [6.07, 6.45) is 0.963. The normalized spacial score (nSPS) is 21.6. The summed E-state index contributed by atoms with van der Waals surface area (Å²) in [5, 5.41) is 0.164. The predicted octanol–water partition coefficient (Wildman–Crippen LogP) is 2.02. The Hall–Kier alpha value is -0.800.